The van der Waals surface area contributed by atoms with E-state index in [0.717, 1.165) is 5.52 Å². The molecule has 1 aromatic carbocycles. The zero-order valence-electron chi connectivity index (χ0n) is 6.56. The third kappa shape index (κ3) is 0.823. The molecule has 0 saturated heterocycles. The van der Waals surface area contributed by atoms with E-state index in [0.29, 0.717) is 17.1 Å². The fraction of sp³-hybridized carbons (Fsp3) is 0. The Morgan fingerprint density at radius 1 is 1.08 bits per heavy atom. The van der Waals surface area contributed by atoms with Crippen LogP contribution < -0.4 is 9.47 Å². The summed E-state index contributed by atoms with van der Waals surface area (Å²) in [6.45, 7) is 0. The fourth-order valence-electron chi connectivity index (χ4n) is 1.29. The van der Waals surface area contributed by atoms with E-state index >= 15 is 0 Å². The lowest BCUT2D eigenvalue weighted by atomic mass is 10.3. The number of oxazole rings is 1. The summed E-state index contributed by atoms with van der Waals surface area (Å²) in [5, 5.41) is 0. The lowest BCUT2D eigenvalue weighted by molar-refractivity contribution is 0.360. The van der Waals surface area contributed by atoms with Crippen LogP contribution in [0, 0.1) is 0 Å². The number of ether oxygens (including phenoxy) is 2. The highest BCUT2D eigenvalue weighted by atomic mass is 16.5. The van der Waals surface area contributed by atoms with Gasteiger partial charge < -0.3 is 13.9 Å². The summed E-state index contributed by atoms with van der Waals surface area (Å²) in [4.78, 5) is 4.00. The Morgan fingerprint density at radius 3 is 3.00 bits per heavy atom. The van der Waals surface area contributed by atoms with Gasteiger partial charge in [-0.05, 0) is 12.1 Å². The van der Waals surface area contributed by atoms with Crippen LogP contribution in [0.3, 0.4) is 0 Å². The van der Waals surface area contributed by atoms with E-state index in [9.17, 15) is 0 Å². The summed E-state index contributed by atoms with van der Waals surface area (Å²) >= 11 is 0. The van der Waals surface area contributed by atoms with Gasteiger partial charge in [0, 0.05) is 0 Å². The van der Waals surface area contributed by atoms with Crippen molar-refractivity contribution in [2.24, 2.45) is 0 Å². The molecule has 0 spiro atoms. The van der Waals surface area contributed by atoms with E-state index in [1.165, 1.54) is 18.9 Å². The molecule has 64 valence electrons. The van der Waals surface area contributed by atoms with E-state index in [1.807, 2.05) is 6.07 Å². The molecule has 1 aliphatic rings. The third-order valence-corrected chi connectivity index (χ3v) is 1.85. The van der Waals surface area contributed by atoms with Crippen LogP contribution in [-0.4, -0.2) is 4.98 Å². The first-order valence-corrected chi connectivity index (χ1v) is 3.80. The molecule has 0 N–H and O–H groups in total. The van der Waals surface area contributed by atoms with Crippen molar-refractivity contribution in [2.75, 3.05) is 0 Å². The number of hydrogen-bond acceptors (Lipinski definition) is 4. The second kappa shape index (κ2) is 2.26. The second-order valence-corrected chi connectivity index (χ2v) is 2.60. The lowest BCUT2D eigenvalue weighted by Crippen LogP contribution is -1.95. The predicted molar refractivity (Wildman–Crippen MR) is 44.4 cm³/mol. The molecule has 0 aliphatic carbocycles. The smallest absolute Gasteiger partial charge is 0.213 e. The standard InChI is InChI=1S/C9H5NO3/c1-2-7-9(12-4-3-11-7)8-6(1)10-5-13-8/h1-5H. The van der Waals surface area contributed by atoms with Crippen LogP contribution in [0.15, 0.2) is 35.5 Å². The maximum absolute atomic E-state index is 5.26. The van der Waals surface area contributed by atoms with Gasteiger partial charge in [0.1, 0.15) is 18.0 Å². The van der Waals surface area contributed by atoms with Crippen molar-refractivity contribution in [3.63, 3.8) is 0 Å². The Bertz CT molecular complexity index is 487. The molecule has 3 rings (SSSR count). The van der Waals surface area contributed by atoms with Crippen LogP contribution in [0.4, 0.5) is 0 Å². The maximum atomic E-state index is 5.26. The van der Waals surface area contributed by atoms with Gasteiger partial charge >= 0.3 is 0 Å². The van der Waals surface area contributed by atoms with Crippen molar-refractivity contribution in [1.82, 2.24) is 4.98 Å². The van der Waals surface area contributed by atoms with Crippen LogP contribution in [0.25, 0.3) is 11.1 Å². The first-order chi connectivity index (χ1) is 6.45. The van der Waals surface area contributed by atoms with Gasteiger partial charge in [0.25, 0.3) is 0 Å². The van der Waals surface area contributed by atoms with E-state index in [-0.39, 0.29) is 0 Å². The molecule has 0 amide bonds. The van der Waals surface area contributed by atoms with Gasteiger partial charge in [-0.25, -0.2) is 4.98 Å². The minimum atomic E-state index is 0.581. The molecule has 4 nitrogen and oxygen atoms in total. The van der Waals surface area contributed by atoms with Crippen LogP contribution in [0.2, 0.25) is 0 Å². The summed E-state index contributed by atoms with van der Waals surface area (Å²) in [7, 11) is 0. The zero-order valence-corrected chi connectivity index (χ0v) is 6.56. The molecule has 0 bridgehead atoms. The van der Waals surface area contributed by atoms with Crippen molar-refractivity contribution in [3.8, 4) is 11.5 Å². The fourth-order valence-corrected chi connectivity index (χ4v) is 1.29. The minimum absolute atomic E-state index is 0.581. The molecular weight excluding hydrogens is 170 g/mol. The van der Waals surface area contributed by atoms with Crippen molar-refractivity contribution >= 4 is 11.1 Å². The van der Waals surface area contributed by atoms with Crippen LogP contribution in [0.5, 0.6) is 11.5 Å². The lowest BCUT2D eigenvalue weighted by Gasteiger charge is -2.10. The van der Waals surface area contributed by atoms with Crippen LogP contribution >= 0.6 is 0 Å². The molecular formula is C9H5NO3. The Hall–Kier alpha value is -1.97. The van der Waals surface area contributed by atoms with Gasteiger partial charge in [-0.1, -0.05) is 0 Å². The molecule has 13 heavy (non-hydrogen) atoms. The maximum Gasteiger partial charge on any atom is 0.213 e. The summed E-state index contributed by atoms with van der Waals surface area (Å²) in [6, 6.07) is 3.61. The molecule has 0 saturated carbocycles. The average molecular weight is 175 g/mol. The molecule has 1 aliphatic heterocycles. The Kier molecular flexibility index (Phi) is 1.14. The summed E-state index contributed by atoms with van der Waals surface area (Å²) in [5.74, 6) is 1.23. The van der Waals surface area contributed by atoms with Crippen molar-refractivity contribution in [1.29, 1.82) is 0 Å². The minimum Gasteiger partial charge on any atom is -0.458 e. The van der Waals surface area contributed by atoms with Gasteiger partial charge in [0.15, 0.2) is 12.1 Å². The monoisotopic (exact) mass is 175 g/mol. The predicted octanol–water partition coefficient (Wildman–Crippen LogP) is 2.07. The highest BCUT2D eigenvalue weighted by Gasteiger charge is 2.15. The van der Waals surface area contributed by atoms with Crippen molar-refractivity contribution in [3.05, 3.63) is 31.1 Å². The van der Waals surface area contributed by atoms with Gasteiger partial charge in [-0.2, -0.15) is 0 Å². The number of rotatable bonds is 0. The zero-order chi connectivity index (χ0) is 8.67. The number of fused-ring (bicyclic) bond motifs is 3. The Balaban J connectivity index is 2.38. The van der Waals surface area contributed by atoms with E-state index < -0.39 is 0 Å². The summed E-state index contributed by atoms with van der Waals surface area (Å²) in [6.07, 6.45) is 4.32. The molecule has 1 aromatic heterocycles. The first-order valence-electron chi connectivity index (χ1n) is 3.80. The SMILES string of the molecule is C1=COc2c(ccc3ncoc23)O1. The van der Waals surface area contributed by atoms with E-state index in [1.54, 1.807) is 6.07 Å². The van der Waals surface area contributed by atoms with Crippen LogP contribution in [0.1, 0.15) is 0 Å². The highest BCUT2D eigenvalue weighted by molar-refractivity contribution is 5.82. The Labute approximate surface area is 73.4 Å². The molecule has 2 aromatic rings. The molecule has 2 heterocycles. The van der Waals surface area contributed by atoms with Gasteiger partial charge in [-0.15, -0.1) is 0 Å². The largest absolute Gasteiger partial charge is 0.458 e. The van der Waals surface area contributed by atoms with Gasteiger partial charge in [0.05, 0.1) is 0 Å². The van der Waals surface area contributed by atoms with Crippen molar-refractivity contribution in [2.45, 2.75) is 0 Å². The number of nitrogens with zero attached hydrogens (tertiary/aromatic N) is 1. The number of hydrogen-bond donors (Lipinski definition) is 0. The van der Waals surface area contributed by atoms with E-state index in [2.05, 4.69) is 4.98 Å². The topological polar surface area (TPSA) is 44.5 Å². The highest BCUT2D eigenvalue weighted by Crippen LogP contribution is 2.37. The second-order valence-electron chi connectivity index (χ2n) is 2.60. The third-order valence-electron chi connectivity index (χ3n) is 1.85. The molecule has 0 radical (unpaired) electrons. The molecule has 4 heteroatoms. The van der Waals surface area contributed by atoms with Gasteiger partial charge in [-0.3, -0.25) is 0 Å². The van der Waals surface area contributed by atoms with Gasteiger partial charge in [0.2, 0.25) is 11.3 Å². The normalized spacial score (nSPS) is 13.5. The van der Waals surface area contributed by atoms with Crippen molar-refractivity contribution < 1.29 is 13.9 Å². The first kappa shape index (κ1) is 6.54. The molecule has 0 atom stereocenters. The summed E-state index contributed by atoms with van der Waals surface area (Å²) < 4.78 is 15.6. The summed E-state index contributed by atoms with van der Waals surface area (Å²) in [5.41, 5.74) is 1.37. The van der Waals surface area contributed by atoms with E-state index in [4.69, 9.17) is 13.9 Å². The van der Waals surface area contributed by atoms with Crippen LogP contribution in [-0.2, 0) is 0 Å². The quantitative estimate of drug-likeness (QED) is 0.614. The Morgan fingerprint density at radius 2 is 2.00 bits per heavy atom. The average Bonchev–Trinajstić information content (AvgIpc) is 2.65. The molecule has 0 fully saturated rings. The molecule has 0 unspecified atom stereocenters. The number of aromatic nitrogens is 1. The number of benzene rings is 1.